The first-order valence-electron chi connectivity index (χ1n) is 13.6. The number of hydrogen-bond donors (Lipinski definition) is 2. The number of urea groups is 1. The predicted molar refractivity (Wildman–Crippen MR) is 146 cm³/mol. The number of nitrogens with one attached hydrogen (secondary N) is 1. The van der Waals surface area contributed by atoms with Crippen molar-refractivity contribution in [2.75, 3.05) is 48.7 Å². The molecule has 7 rings (SSSR count). The Bertz CT molecular complexity index is 1540. The quantitative estimate of drug-likeness (QED) is 0.396. The minimum Gasteiger partial charge on any atom is -0.461 e. The highest BCUT2D eigenvalue weighted by molar-refractivity contribution is 5.90. The highest BCUT2D eigenvalue weighted by Crippen LogP contribution is 2.41. The number of piperidine rings is 1. The topological polar surface area (TPSA) is 151 Å². The molecule has 0 bridgehead atoms. The summed E-state index contributed by atoms with van der Waals surface area (Å²) in [6.07, 6.45) is 4.90. The Kier molecular flexibility index (Phi) is 5.79. The van der Waals surface area contributed by atoms with Crippen LogP contribution < -0.4 is 16.0 Å². The molecule has 0 unspecified atom stereocenters. The van der Waals surface area contributed by atoms with E-state index in [0.29, 0.717) is 56.0 Å². The van der Waals surface area contributed by atoms with Crippen LogP contribution in [0.3, 0.4) is 0 Å². The molecule has 1 aromatic carbocycles. The van der Waals surface area contributed by atoms with E-state index in [1.807, 2.05) is 45.0 Å². The third-order valence-corrected chi connectivity index (χ3v) is 8.26. The van der Waals surface area contributed by atoms with Crippen LogP contribution in [0.25, 0.3) is 17.4 Å². The van der Waals surface area contributed by atoms with E-state index >= 15 is 0 Å². The second kappa shape index (κ2) is 9.50. The molecule has 1 spiro atoms. The van der Waals surface area contributed by atoms with Crippen LogP contribution in [0.15, 0.2) is 53.1 Å². The van der Waals surface area contributed by atoms with Gasteiger partial charge in [0.1, 0.15) is 6.04 Å². The molecule has 3 fully saturated rings. The normalized spacial score (nSPS) is 20.2. The van der Waals surface area contributed by atoms with Crippen LogP contribution in [0.4, 0.5) is 22.4 Å². The molecule has 0 saturated carbocycles. The molecule has 4 aromatic rings. The van der Waals surface area contributed by atoms with Crippen molar-refractivity contribution >= 4 is 35.3 Å². The number of benzene rings is 1. The summed E-state index contributed by atoms with van der Waals surface area (Å²) >= 11 is 0. The number of likely N-dealkylation sites (tertiary alicyclic amines) is 2. The summed E-state index contributed by atoms with van der Waals surface area (Å²) < 4.78 is 6.77. The number of anilines is 3. The van der Waals surface area contributed by atoms with Crippen LogP contribution in [-0.2, 0) is 4.79 Å². The van der Waals surface area contributed by atoms with E-state index in [1.165, 1.54) is 4.52 Å². The molecule has 206 valence electrons. The van der Waals surface area contributed by atoms with Gasteiger partial charge in [0, 0.05) is 43.8 Å². The highest BCUT2D eigenvalue weighted by atomic mass is 16.3. The van der Waals surface area contributed by atoms with Crippen molar-refractivity contribution in [1.29, 1.82) is 0 Å². The maximum Gasteiger partial charge on any atom is 0.321 e. The number of furan rings is 1. The average molecular weight is 543 g/mol. The lowest BCUT2D eigenvalue weighted by Gasteiger charge is -2.54. The minimum atomic E-state index is -0.349. The number of nitrogen functional groups attached to an aromatic ring is 1. The molecule has 0 aliphatic carbocycles. The molecule has 3 aliphatic heterocycles. The van der Waals surface area contributed by atoms with Crippen LogP contribution in [0, 0.1) is 5.41 Å². The number of nitrogens with two attached hydrogens (primary N) is 1. The number of fused-ring (bicyclic) bond motifs is 1. The molecule has 6 heterocycles. The van der Waals surface area contributed by atoms with Crippen LogP contribution in [-0.4, -0.2) is 85.1 Å². The lowest BCUT2D eigenvalue weighted by molar-refractivity contribution is -0.136. The monoisotopic (exact) mass is 542 g/mol. The van der Waals surface area contributed by atoms with Gasteiger partial charge in [-0.15, -0.1) is 5.10 Å². The number of carbonyl (C=O) groups excluding carboxylic acids is 2. The SMILES string of the molecule is Nc1nc(N2CCC[C@H]2C(=O)N2CCC3(CC2)CN(C(=O)Nc2ccccc2)C3)nc2nc(-c3ccco3)nn12. The van der Waals surface area contributed by atoms with Crippen LogP contribution >= 0.6 is 0 Å². The van der Waals surface area contributed by atoms with E-state index in [0.717, 1.165) is 31.4 Å². The van der Waals surface area contributed by atoms with Gasteiger partial charge in [-0.1, -0.05) is 18.2 Å². The summed E-state index contributed by atoms with van der Waals surface area (Å²) in [5.74, 6) is 1.80. The zero-order valence-electron chi connectivity index (χ0n) is 21.9. The first-order valence-corrected chi connectivity index (χ1v) is 13.6. The van der Waals surface area contributed by atoms with Crippen molar-refractivity contribution in [2.24, 2.45) is 5.41 Å². The molecule has 40 heavy (non-hydrogen) atoms. The smallest absolute Gasteiger partial charge is 0.321 e. The lowest BCUT2D eigenvalue weighted by Crippen LogP contribution is -2.63. The molecule has 3 aliphatic rings. The van der Waals surface area contributed by atoms with Gasteiger partial charge in [0.05, 0.1) is 6.26 Å². The van der Waals surface area contributed by atoms with Crippen LogP contribution in [0.5, 0.6) is 0 Å². The predicted octanol–water partition coefficient (Wildman–Crippen LogP) is 2.49. The molecule has 13 heteroatoms. The first-order chi connectivity index (χ1) is 19.5. The Hall–Kier alpha value is -4.68. The van der Waals surface area contributed by atoms with Crippen molar-refractivity contribution in [1.82, 2.24) is 34.4 Å². The lowest BCUT2D eigenvalue weighted by atomic mass is 9.72. The standard InChI is InChI=1S/C27H30N10O3/c28-23-31-24(32-25-30-21(33-37(23)25)20-9-5-15-40-20)36-12-4-8-19(36)22(38)34-13-10-27(11-14-34)16-35(17-27)26(39)29-18-6-2-1-3-7-18/h1-3,5-7,9,15,19H,4,8,10-14,16-17H2,(H,29,39)(H2,28,30,31,32,33)/t19-/m0/s1. The molecular weight excluding hydrogens is 512 g/mol. The third kappa shape index (κ3) is 4.27. The van der Waals surface area contributed by atoms with Crippen molar-refractivity contribution in [3.05, 3.63) is 48.7 Å². The Morgan fingerprint density at radius 1 is 0.975 bits per heavy atom. The highest BCUT2D eigenvalue weighted by Gasteiger charge is 2.48. The zero-order chi connectivity index (χ0) is 27.3. The van der Waals surface area contributed by atoms with Gasteiger partial charge < -0.3 is 30.2 Å². The second-order valence-electron chi connectivity index (χ2n) is 10.8. The van der Waals surface area contributed by atoms with E-state index in [1.54, 1.807) is 18.4 Å². The number of aromatic nitrogens is 5. The Labute approximate surface area is 230 Å². The summed E-state index contributed by atoms with van der Waals surface area (Å²) in [5, 5.41) is 7.31. The van der Waals surface area contributed by atoms with Crippen molar-refractivity contribution in [2.45, 2.75) is 31.7 Å². The maximum absolute atomic E-state index is 13.7. The molecule has 1 atom stereocenters. The number of para-hydroxylation sites is 1. The van der Waals surface area contributed by atoms with Gasteiger partial charge in [0.15, 0.2) is 5.76 Å². The number of amides is 3. The third-order valence-electron chi connectivity index (χ3n) is 8.26. The summed E-state index contributed by atoms with van der Waals surface area (Å²) in [5.41, 5.74) is 7.09. The fourth-order valence-electron chi connectivity index (χ4n) is 6.06. The number of carbonyl (C=O) groups is 2. The molecule has 13 nitrogen and oxygen atoms in total. The van der Waals surface area contributed by atoms with E-state index in [-0.39, 0.29) is 29.3 Å². The Balaban J connectivity index is 0.991. The number of rotatable bonds is 4. The van der Waals surface area contributed by atoms with Gasteiger partial charge in [-0.3, -0.25) is 4.79 Å². The van der Waals surface area contributed by atoms with Gasteiger partial charge in [0.2, 0.25) is 23.6 Å². The minimum absolute atomic E-state index is 0.0721. The molecular formula is C27H30N10O3. The van der Waals surface area contributed by atoms with Crippen LogP contribution in [0.1, 0.15) is 25.7 Å². The molecule has 3 N–H and O–H groups in total. The summed E-state index contributed by atoms with van der Waals surface area (Å²) in [6.45, 7) is 3.45. The summed E-state index contributed by atoms with van der Waals surface area (Å²) in [6, 6.07) is 12.6. The fourth-order valence-corrected chi connectivity index (χ4v) is 6.06. The van der Waals surface area contributed by atoms with E-state index in [4.69, 9.17) is 10.2 Å². The largest absolute Gasteiger partial charge is 0.461 e. The second-order valence-corrected chi connectivity index (χ2v) is 10.8. The van der Waals surface area contributed by atoms with Gasteiger partial charge in [-0.25, -0.2) is 4.79 Å². The van der Waals surface area contributed by atoms with E-state index in [2.05, 4.69) is 25.4 Å². The van der Waals surface area contributed by atoms with E-state index in [9.17, 15) is 9.59 Å². The van der Waals surface area contributed by atoms with Crippen molar-refractivity contribution < 1.29 is 14.0 Å². The number of nitrogens with zero attached hydrogens (tertiary/aromatic N) is 8. The van der Waals surface area contributed by atoms with Gasteiger partial charge in [-0.05, 0) is 49.9 Å². The molecule has 3 amide bonds. The average Bonchev–Trinajstić information content (AvgIpc) is 3.72. The van der Waals surface area contributed by atoms with Gasteiger partial charge in [0.25, 0.3) is 5.78 Å². The fraction of sp³-hybridized carbons (Fsp3) is 0.407. The van der Waals surface area contributed by atoms with Crippen LogP contribution in [0.2, 0.25) is 0 Å². The summed E-state index contributed by atoms with van der Waals surface area (Å²) in [4.78, 5) is 45.5. The Morgan fingerprint density at radius 3 is 2.52 bits per heavy atom. The maximum atomic E-state index is 13.7. The van der Waals surface area contributed by atoms with Gasteiger partial charge >= 0.3 is 6.03 Å². The first kappa shape index (κ1) is 24.4. The molecule has 3 saturated heterocycles. The van der Waals surface area contributed by atoms with Gasteiger partial charge in [-0.2, -0.15) is 19.5 Å². The summed E-state index contributed by atoms with van der Waals surface area (Å²) in [7, 11) is 0. The Morgan fingerprint density at radius 2 is 1.77 bits per heavy atom. The van der Waals surface area contributed by atoms with E-state index < -0.39 is 0 Å². The molecule has 0 radical (unpaired) electrons. The number of hydrogen-bond acceptors (Lipinski definition) is 9. The molecule has 3 aromatic heterocycles. The van der Waals surface area contributed by atoms with Crippen molar-refractivity contribution in [3.63, 3.8) is 0 Å². The van der Waals surface area contributed by atoms with Crippen molar-refractivity contribution in [3.8, 4) is 11.6 Å². The zero-order valence-corrected chi connectivity index (χ0v) is 21.9.